The van der Waals surface area contributed by atoms with Gasteiger partial charge in [-0.15, -0.1) is 0 Å². The van der Waals surface area contributed by atoms with E-state index in [0.29, 0.717) is 0 Å². The van der Waals surface area contributed by atoms with Gasteiger partial charge in [-0.25, -0.2) is 24.9 Å². The van der Waals surface area contributed by atoms with E-state index in [9.17, 15) is 0 Å². The summed E-state index contributed by atoms with van der Waals surface area (Å²) >= 11 is 0. The molecule has 8 heteroatoms. The van der Waals surface area contributed by atoms with E-state index in [2.05, 4.69) is 60.9 Å². The minimum atomic E-state index is 0.815. The Morgan fingerprint density at radius 2 is 1.00 bits per heavy atom. The van der Waals surface area contributed by atoms with Crippen LogP contribution in [0.5, 0.6) is 0 Å². The lowest BCUT2D eigenvalue weighted by molar-refractivity contribution is 0.947. The lowest BCUT2D eigenvalue weighted by Crippen LogP contribution is -2.06. The SMILES string of the molecule is Cc1cc2cccnc2n1-c1cc(-n2c(C)nc3cccnc32)cc(-n2c(C)nc3cccnc32)c1. The van der Waals surface area contributed by atoms with Crippen molar-refractivity contribution in [2.45, 2.75) is 20.8 Å². The molecule has 6 aromatic heterocycles. The van der Waals surface area contributed by atoms with Gasteiger partial charge < -0.3 is 0 Å². The summed E-state index contributed by atoms with van der Waals surface area (Å²) in [5.41, 5.74) is 8.26. The molecular formula is C28H22N8. The molecule has 0 aliphatic rings. The van der Waals surface area contributed by atoms with Crippen LogP contribution >= 0.6 is 0 Å². The van der Waals surface area contributed by atoms with Gasteiger partial charge in [0, 0.05) is 29.7 Å². The molecule has 0 saturated heterocycles. The number of imidazole rings is 2. The van der Waals surface area contributed by atoms with Crippen LogP contribution in [-0.4, -0.2) is 38.6 Å². The second kappa shape index (κ2) is 7.58. The van der Waals surface area contributed by atoms with Gasteiger partial charge in [-0.2, -0.15) is 0 Å². The molecule has 0 fully saturated rings. The first kappa shape index (κ1) is 20.5. The Bertz CT molecular complexity index is 1700. The van der Waals surface area contributed by atoms with E-state index in [1.807, 2.05) is 50.4 Å². The summed E-state index contributed by atoms with van der Waals surface area (Å²) in [6.45, 7) is 6.11. The first-order valence-electron chi connectivity index (χ1n) is 11.8. The lowest BCUT2D eigenvalue weighted by atomic mass is 10.2. The summed E-state index contributed by atoms with van der Waals surface area (Å²) in [6.07, 6.45) is 5.43. The number of pyridine rings is 3. The molecule has 1 aromatic carbocycles. The van der Waals surface area contributed by atoms with E-state index in [-0.39, 0.29) is 0 Å². The van der Waals surface area contributed by atoms with Crippen molar-refractivity contribution in [1.82, 2.24) is 38.6 Å². The molecule has 7 rings (SSSR count). The number of rotatable bonds is 3. The number of aryl methyl sites for hydroxylation is 3. The van der Waals surface area contributed by atoms with Crippen molar-refractivity contribution in [2.24, 2.45) is 0 Å². The molecule has 0 aliphatic carbocycles. The first-order chi connectivity index (χ1) is 17.6. The number of fused-ring (bicyclic) bond motifs is 3. The van der Waals surface area contributed by atoms with Crippen LogP contribution in [0.2, 0.25) is 0 Å². The van der Waals surface area contributed by atoms with Crippen LogP contribution in [0.15, 0.2) is 79.3 Å². The zero-order chi connectivity index (χ0) is 24.4. The van der Waals surface area contributed by atoms with Crippen LogP contribution in [0.25, 0.3) is 50.4 Å². The Kier molecular flexibility index (Phi) is 4.32. The van der Waals surface area contributed by atoms with Gasteiger partial charge in [0.2, 0.25) is 0 Å². The van der Waals surface area contributed by atoms with E-state index in [0.717, 1.165) is 67.8 Å². The molecule has 0 aliphatic heterocycles. The zero-order valence-corrected chi connectivity index (χ0v) is 20.1. The molecule has 36 heavy (non-hydrogen) atoms. The Hall–Kier alpha value is -4.85. The molecule has 0 radical (unpaired) electrons. The standard InChI is InChI=1S/C28H22N8/c1-17-13-20-7-4-10-29-26(20)34(17)21-14-22(35-18(2)32-24-8-5-11-30-27(24)35)16-23(15-21)36-19(3)33-25-9-6-12-31-28(25)36/h4-16H,1-3H3. The fraction of sp³-hybridized carbons (Fsp3) is 0.107. The highest BCUT2D eigenvalue weighted by Gasteiger charge is 2.18. The third-order valence-corrected chi connectivity index (χ3v) is 6.58. The van der Waals surface area contributed by atoms with Gasteiger partial charge in [0.05, 0.1) is 17.1 Å². The predicted octanol–water partition coefficient (Wildman–Crippen LogP) is 5.42. The van der Waals surface area contributed by atoms with Crippen LogP contribution in [0.3, 0.4) is 0 Å². The third kappa shape index (κ3) is 2.97. The van der Waals surface area contributed by atoms with Gasteiger partial charge in [-0.1, -0.05) is 0 Å². The number of benzene rings is 1. The minimum Gasteiger partial charge on any atom is -0.298 e. The van der Waals surface area contributed by atoms with Crippen molar-refractivity contribution in [3.8, 4) is 17.1 Å². The predicted molar refractivity (Wildman–Crippen MR) is 140 cm³/mol. The number of aromatic nitrogens is 8. The van der Waals surface area contributed by atoms with E-state index >= 15 is 0 Å². The van der Waals surface area contributed by atoms with E-state index in [4.69, 9.17) is 15.0 Å². The van der Waals surface area contributed by atoms with Gasteiger partial charge in [0.25, 0.3) is 0 Å². The molecule has 0 N–H and O–H groups in total. The van der Waals surface area contributed by atoms with Gasteiger partial charge >= 0.3 is 0 Å². The molecule has 7 aromatic rings. The van der Waals surface area contributed by atoms with Gasteiger partial charge in [0.1, 0.15) is 28.3 Å². The maximum Gasteiger partial charge on any atom is 0.164 e. The Labute approximate surface area is 206 Å². The highest BCUT2D eigenvalue weighted by atomic mass is 15.2. The third-order valence-electron chi connectivity index (χ3n) is 6.58. The molecule has 0 bridgehead atoms. The van der Waals surface area contributed by atoms with E-state index in [1.54, 1.807) is 12.4 Å². The second-order valence-electron chi connectivity index (χ2n) is 8.93. The normalized spacial score (nSPS) is 11.8. The Morgan fingerprint density at radius 3 is 1.56 bits per heavy atom. The minimum absolute atomic E-state index is 0.815. The largest absolute Gasteiger partial charge is 0.298 e. The van der Waals surface area contributed by atoms with Crippen molar-refractivity contribution < 1.29 is 0 Å². The Balaban J connectivity index is 1.58. The quantitative estimate of drug-likeness (QED) is 0.345. The summed E-state index contributed by atoms with van der Waals surface area (Å²) < 4.78 is 6.38. The summed E-state index contributed by atoms with van der Waals surface area (Å²) in [6, 6.07) is 20.5. The molecule has 0 amide bonds. The van der Waals surface area contributed by atoms with Gasteiger partial charge in [0.15, 0.2) is 11.3 Å². The number of hydrogen-bond acceptors (Lipinski definition) is 5. The number of nitrogens with zero attached hydrogens (tertiary/aromatic N) is 8. The van der Waals surface area contributed by atoms with Gasteiger partial charge in [-0.05, 0) is 81.4 Å². The summed E-state index contributed by atoms with van der Waals surface area (Å²) in [7, 11) is 0. The van der Waals surface area contributed by atoms with Crippen molar-refractivity contribution in [1.29, 1.82) is 0 Å². The highest BCUT2D eigenvalue weighted by Crippen LogP contribution is 2.30. The van der Waals surface area contributed by atoms with Crippen molar-refractivity contribution in [2.75, 3.05) is 0 Å². The number of hydrogen-bond donors (Lipinski definition) is 0. The van der Waals surface area contributed by atoms with Crippen LogP contribution in [-0.2, 0) is 0 Å². The fourth-order valence-corrected chi connectivity index (χ4v) is 5.13. The summed E-state index contributed by atoms with van der Waals surface area (Å²) in [4.78, 5) is 23.5. The maximum absolute atomic E-state index is 4.76. The monoisotopic (exact) mass is 470 g/mol. The van der Waals surface area contributed by atoms with Crippen LogP contribution in [0.1, 0.15) is 17.3 Å². The van der Waals surface area contributed by atoms with E-state index < -0.39 is 0 Å². The lowest BCUT2D eigenvalue weighted by Gasteiger charge is -2.16. The van der Waals surface area contributed by atoms with Crippen LogP contribution < -0.4 is 0 Å². The average Bonchev–Trinajstić information content (AvgIpc) is 3.51. The summed E-state index contributed by atoms with van der Waals surface area (Å²) in [5, 5.41) is 1.10. The molecule has 174 valence electrons. The molecule has 0 spiro atoms. The second-order valence-corrected chi connectivity index (χ2v) is 8.93. The topological polar surface area (TPSA) is 79.2 Å². The molecule has 0 unspecified atom stereocenters. The molecule has 0 atom stereocenters. The molecule has 8 nitrogen and oxygen atoms in total. The molecule has 0 saturated carbocycles. The fourth-order valence-electron chi connectivity index (χ4n) is 5.13. The Morgan fingerprint density at radius 1 is 0.528 bits per heavy atom. The zero-order valence-electron chi connectivity index (χ0n) is 20.1. The highest BCUT2D eigenvalue weighted by molar-refractivity contribution is 5.81. The van der Waals surface area contributed by atoms with Gasteiger partial charge in [-0.3, -0.25) is 13.7 Å². The van der Waals surface area contributed by atoms with Crippen molar-refractivity contribution in [3.05, 3.63) is 96.6 Å². The maximum atomic E-state index is 4.76. The van der Waals surface area contributed by atoms with Crippen LogP contribution in [0, 0.1) is 20.8 Å². The smallest absolute Gasteiger partial charge is 0.164 e. The molecular weight excluding hydrogens is 448 g/mol. The first-order valence-corrected chi connectivity index (χ1v) is 11.8. The van der Waals surface area contributed by atoms with Crippen LogP contribution in [0.4, 0.5) is 0 Å². The van der Waals surface area contributed by atoms with Crippen molar-refractivity contribution in [3.63, 3.8) is 0 Å². The molecule has 6 heterocycles. The van der Waals surface area contributed by atoms with Crippen molar-refractivity contribution >= 4 is 33.4 Å². The summed E-state index contributed by atoms with van der Waals surface area (Å²) in [5.74, 6) is 1.73. The average molecular weight is 471 g/mol. The van der Waals surface area contributed by atoms with E-state index in [1.165, 1.54) is 0 Å².